The highest BCUT2D eigenvalue weighted by Gasteiger charge is 2.35. The van der Waals surface area contributed by atoms with Gasteiger partial charge in [-0.1, -0.05) is 34.6 Å². The maximum Gasteiger partial charge on any atom is 0.190 e. The van der Waals surface area contributed by atoms with Crippen molar-refractivity contribution in [2.75, 3.05) is 46.4 Å². The van der Waals surface area contributed by atoms with Gasteiger partial charge in [-0.15, -0.1) is 0 Å². The smallest absolute Gasteiger partial charge is 0.190 e. The van der Waals surface area contributed by atoms with Crippen molar-refractivity contribution in [3.05, 3.63) is 0 Å². The van der Waals surface area contributed by atoms with Gasteiger partial charge in [0.05, 0.1) is 6.10 Å². The van der Waals surface area contributed by atoms with Crippen molar-refractivity contribution < 1.29 is 4.74 Å². The van der Waals surface area contributed by atoms with Crippen molar-refractivity contribution in [3.63, 3.8) is 0 Å². The average molecular weight is 341 g/mol. The zero-order valence-electron chi connectivity index (χ0n) is 16.8. The second-order valence-electron chi connectivity index (χ2n) is 7.82. The number of hydrogen-bond donors (Lipinski definition) is 2. The number of rotatable bonds is 8. The van der Waals surface area contributed by atoms with E-state index in [9.17, 15) is 0 Å². The van der Waals surface area contributed by atoms with Crippen LogP contribution in [0.15, 0.2) is 4.99 Å². The van der Waals surface area contributed by atoms with Crippen molar-refractivity contribution in [2.45, 2.75) is 60.0 Å². The fourth-order valence-electron chi connectivity index (χ4n) is 3.51. The quantitative estimate of drug-likeness (QED) is 0.405. The van der Waals surface area contributed by atoms with Gasteiger partial charge in [-0.2, -0.15) is 0 Å². The molecule has 0 amide bonds. The van der Waals surface area contributed by atoms with Crippen molar-refractivity contribution in [1.29, 1.82) is 0 Å². The van der Waals surface area contributed by atoms with E-state index in [1.807, 2.05) is 7.05 Å². The van der Waals surface area contributed by atoms with Gasteiger partial charge in [0.25, 0.3) is 0 Å². The Kier molecular flexibility index (Phi) is 9.67. The molecule has 2 atom stereocenters. The highest BCUT2D eigenvalue weighted by Crippen LogP contribution is 2.33. The Labute approximate surface area is 149 Å². The first-order valence-corrected chi connectivity index (χ1v) is 9.70. The van der Waals surface area contributed by atoms with E-state index in [0.717, 1.165) is 58.1 Å². The topological polar surface area (TPSA) is 48.9 Å². The highest BCUT2D eigenvalue weighted by atomic mass is 16.5. The lowest BCUT2D eigenvalue weighted by atomic mass is 9.78. The van der Waals surface area contributed by atoms with Gasteiger partial charge in [-0.25, -0.2) is 0 Å². The van der Waals surface area contributed by atoms with Crippen LogP contribution in [0.25, 0.3) is 0 Å². The van der Waals surface area contributed by atoms with Gasteiger partial charge in [0.2, 0.25) is 0 Å². The summed E-state index contributed by atoms with van der Waals surface area (Å²) in [5, 5.41) is 6.94. The standard InChI is InChI=1S/C19H40N4O/c1-7-23(8-2)13-10-12-21-18(20-6)22-15-16-11-9-14-24-17(16)19(3,4)5/h16-17H,7-15H2,1-6H3,(H2,20,21,22). The Morgan fingerprint density at radius 3 is 2.50 bits per heavy atom. The maximum atomic E-state index is 6.06. The van der Waals surface area contributed by atoms with Crippen molar-refractivity contribution in [2.24, 2.45) is 16.3 Å². The van der Waals surface area contributed by atoms with Gasteiger partial charge in [0, 0.05) is 32.7 Å². The van der Waals surface area contributed by atoms with Gasteiger partial charge in [-0.05, 0) is 44.3 Å². The fraction of sp³-hybridized carbons (Fsp3) is 0.947. The lowest BCUT2D eigenvalue weighted by molar-refractivity contribution is -0.0835. The van der Waals surface area contributed by atoms with Crippen LogP contribution in [-0.4, -0.2) is 63.3 Å². The molecule has 0 spiro atoms. The van der Waals surface area contributed by atoms with Crippen LogP contribution in [0.4, 0.5) is 0 Å². The predicted octanol–water partition coefficient (Wildman–Crippen LogP) is 2.72. The number of guanidine groups is 1. The third-order valence-corrected chi connectivity index (χ3v) is 4.89. The Morgan fingerprint density at radius 2 is 1.92 bits per heavy atom. The third kappa shape index (κ3) is 7.39. The Morgan fingerprint density at radius 1 is 1.21 bits per heavy atom. The highest BCUT2D eigenvalue weighted by molar-refractivity contribution is 5.79. The summed E-state index contributed by atoms with van der Waals surface area (Å²) in [6.45, 7) is 17.4. The Balaban J connectivity index is 2.35. The fourth-order valence-corrected chi connectivity index (χ4v) is 3.51. The summed E-state index contributed by atoms with van der Waals surface area (Å²) in [4.78, 5) is 6.81. The zero-order valence-corrected chi connectivity index (χ0v) is 16.8. The van der Waals surface area contributed by atoms with E-state index in [-0.39, 0.29) is 5.41 Å². The van der Waals surface area contributed by atoms with Crippen LogP contribution < -0.4 is 10.6 Å². The molecule has 1 aliphatic heterocycles. The van der Waals surface area contributed by atoms with E-state index >= 15 is 0 Å². The second kappa shape index (κ2) is 10.9. The van der Waals surface area contributed by atoms with Gasteiger partial charge in [-0.3, -0.25) is 4.99 Å². The monoisotopic (exact) mass is 340 g/mol. The van der Waals surface area contributed by atoms with Crippen LogP contribution in [0.5, 0.6) is 0 Å². The minimum absolute atomic E-state index is 0.188. The molecule has 2 unspecified atom stereocenters. The molecule has 142 valence electrons. The van der Waals surface area contributed by atoms with Gasteiger partial charge in [0.1, 0.15) is 0 Å². The van der Waals surface area contributed by atoms with E-state index in [1.54, 1.807) is 0 Å². The Bertz CT molecular complexity index is 361. The van der Waals surface area contributed by atoms with Gasteiger partial charge < -0.3 is 20.3 Å². The molecule has 0 aromatic carbocycles. The van der Waals surface area contributed by atoms with Crippen LogP contribution in [0.1, 0.15) is 53.9 Å². The summed E-state index contributed by atoms with van der Waals surface area (Å²) in [6.07, 6.45) is 3.85. The summed E-state index contributed by atoms with van der Waals surface area (Å²) in [7, 11) is 1.85. The summed E-state index contributed by atoms with van der Waals surface area (Å²) in [5.41, 5.74) is 0.188. The van der Waals surface area contributed by atoms with E-state index in [2.05, 4.69) is 55.1 Å². The molecule has 5 heteroatoms. The average Bonchev–Trinajstić information content (AvgIpc) is 2.57. The molecule has 1 rings (SSSR count). The molecular weight excluding hydrogens is 300 g/mol. The molecule has 0 aromatic heterocycles. The van der Waals surface area contributed by atoms with Crippen LogP contribution in [-0.2, 0) is 4.74 Å². The minimum atomic E-state index is 0.188. The normalized spacial score (nSPS) is 22.7. The molecule has 1 fully saturated rings. The summed E-state index contributed by atoms with van der Waals surface area (Å²) >= 11 is 0. The molecule has 1 aliphatic rings. The molecule has 2 N–H and O–H groups in total. The number of aliphatic imine (C=N–C) groups is 1. The number of ether oxygens (including phenoxy) is 1. The van der Waals surface area contributed by atoms with Crippen LogP contribution in [0, 0.1) is 11.3 Å². The minimum Gasteiger partial charge on any atom is -0.377 e. The van der Waals surface area contributed by atoms with E-state index in [1.165, 1.54) is 6.42 Å². The summed E-state index contributed by atoms with van der Waals surface area (Å²) in [5.74, 6) is 1.46. The second-order valence-corrected chi connectivity index (χ2v) is 7.82. The van der Waals surface area contributed by atoms with Crippen LogP contribution >= 0.6 is 0 Å². The molecule has 0 aromatic rings. The van der Waals surface area contributed by atoms with Gasteiger partial charge >= 0.3 is 0 Å². The molecule has 0 bridgehead atoms. The van der Waals surface area contributed by atoms with E-state index in [0.29, 0.717) is 12.0 Å². The lowest BCUT2D eigenvalue weighted by Gasteiger charge is -2.40. The summed E-state index contributed by atoms with van der Waals surface area (Å²) < 4.78 is 6.06. The summed E-state index contributed by atoms with van der Waals surface area (Å²) in [6, 6.07) is 0. The zero-order chi connectivity index (χ0) is 18.0. The largest absolute Gasteiger partial charge is 0.377 e. The first kappa shape index (κ1) is 21.2. The molecule has 1 heterocycles. The van der Waals surface area contributed by atoms with Crippen molar-refractivity contribution in [3.8, 4) is 0 Å². The molecule has 5 nitrogen and oxygen atoms in total. The number of hydrogen-bond acceptors (Lipinski definition) is 3. The maximum absolute atomic E-state index is 6.06. The first-order valence-electron chi connectivity index (χ1n) is 9.70. The van der Waals surface area contributed by atoms with E-state index in [4.69, 9.17) is 4.74 Å². The van der Waals surface area contributed by atoms with E-state index < -0.39 is 0 Å². The molecule has 0 radical (unpaired) electrons. The molecular formula is C19H40N4O. The number of nitrogens with zero attached hydrogens (tertiary/aromatic N) is 2. The first-order chi connectivity index (χ1) is 11.4. The third-order valence-electron chi connectivity index (χ3n) is 4.89. The van der Waals surface area contributed by atoms with Crippen LogP contribution in [0.3, 0.4) is 0 Å². The predicted molar refractivity (Wildman–Crippen MR) is 104 cm³/mol. The SMILES string of the molecule is CCN(CC)CCCNC(=NC)NCC1CCCOC1C(C)(C)C. The van der Waals surface area contributed by atoms with Gasteiger partial charge in [0.15, 0.2) is 5.96 Å². The van der Waals surface area contributed by atoms with Crippen LogP contribution in [0.2, 0.25) is 0 Å². The molecule has 0 saturated carbocycles. The Hall–Kier alpha value is -0.810. The number of nitrogens with one attached hydrogen (secondary N) is 2. The lowest BCUT2D eigenvalue weighted by Crippen LogP contribution is -2.47. The molecule has 24 heavy (non-hydrogen) atoms. The molecule has 0 aliphatic carbocycles. The van der Waals surface area contributed by atoms with Crippen molar-refractivity contribution in [1.82, 2.24) is 15.5 Å². The van der Waals surface area contributed by atoms with Crippen molar-refractivity contribution >= 4 is 5.96 Å². The molecule has 1 saturated heterocycles.